The van der Waals surface area contributed by atoms with Crippen molar-refractivity contribution in [1.82, 2.24) is 4.90 Å². The average Bonchev–Trinajstić information content (AvgIpc) is 2.50. The van der Waals surface area contributed by atoms with Gasteiger partial charge in [0, 0.05) is 19.6 Å². The number of carboxylic acids is 1. The molecule has 2 rings (SSSR count). The first-order valence-corrected chi connectivity index (χ1v) is 7.15. The minimum absolute atomic E-state index is 0.323. The highest BCUT2D eigenvalue weighted by Crippen LogP contribution is 2.13. The van der Waals surface area contributed by atoms with Crippen LogP contribution in [0.3, 0.4) is 0 Å². The van der Waals surface area contributed by atoms with E-state index < -0.39 is 12.0 Å². The second-order valence-electron chi connectivity index (χ2n) is 5.10. The number of carbonyl (C=O) groups is 1. The molecule has 0 radical (unpaired) electrons. The van der Waals surface area contributed by atoms with Crippen LogP contribution in [0, 0.1) is 0 Å². The summed E-state index contributed by atoms with van der Waals surface area (Å²) in [4.78, 5) is 13.0. The van der Waals surface area contributed by atoms with E-state index in [0.717, 1.165) is 44.2 Å². The summed E-state index contributed by atoms with van der Waals surface area (Å²) in [5.41, 5.74) is 6.40. The summed E-state index contributed by atoms with van der Waals surface area (Å²) < 4.78 is 11.0. The van der Waals surface area contributed by atoms with Gasteiger partial charge in [-0.2, -0.15) is 0 Å². The summed E-state index contributed by atoms with van der Waals surface area (Å²) in [6.45, 7) is 5.00. The van der Waals surface area contributed by atoms with Gasteiger partial charge in [0.25, 0.3) is 0 Å². The molecule has 21 heavy (non-hydrogen) atoms. The summed E-state index contributed by atoms with van der Waals surface area (Å²) in [5, 5.41) is 8.77. The molecule has 1 saturated heterocycles. The zero-order valence-corrected chi connectivity index (χ0v) is 12.0. The van der Waals surface area contributed by atoms with E-state index in [1.807, 2.05) is 24.3 Å². The number of carboxylic acid groups (broad SMARTS) is 1. The number of hydrogen-bond acceptors (Lipinski definition) is 5. The number of nitrogens with two attached hydrogens (primary N) is 1. The van der Waals surface area contributed by atoms with Gasteiger partial charge in [-0.3, -0.25) is 9.69 Å². The Morgan fingerprint density at radius 2 is 2.00 bits per heavy atom. The van der Waals surface area contributed by atoms with E-state index >= 15 is 0 Å². The van der Waals surface area contributed by atoms with Gasteiger partial charge in [-0.05, 0) is 24.1 Å². The SMILES string of the molecule is NC(Cc1ccc(OCCN2CCOCC2)cc1)C(=O)O. The molecule has 0 amide bonds. The Kier molecular flexibility index (Phi) is 5.98. The fourth-order valence-electron chi connectivity index (χ4n) is 2.18. The van der Waals surface area contributed by atoms with Crippen molar-refractivity contribution in [2.45, 2.75) is 12.5 Å². The van der Waals surface area contributed by atoms with E-state index in [1.54, 1.807) is 0 Å². The number of hydrogen-bond donors (Lipinski definition) is 2. The van der Waals surface area contributed by atoms with Gasteiger partial charge >= 0.3 is 5.97 Å². The molecule has 1 aromatic rings. The van der Waals surface area contributed by atoms with E-state index in [0.29, 0.717) is 13.0 Å². The zero-order chi connectivity index (χ0) is 15.1. The summed E-state index contributed by atoms with van der Waals surface area (Å²) in [6.07, 6.45) is 0.323. The predicted molar refractivity (Wildman–Crippen MR) is 78.5 cm³/mol. The quantitative estimate of drug-likeness (QED) is 0.755. The Morgan fingerprint density at radius 3 is 2.62 bits per heavy atom. The Balaban J connectivity index is 1.73. The van der Waals surface area contributed by atoms with Gasteiger partial charge in [0.05, 0.1) is 13.2 Å². The second-order valence-corrected chi connectivity index (χ2v) is 5.10. The fourth-order valence-corrected chi connectivity index (χ4v) is 2.18. The smallest absolute Gasteiger partial charge is 0.320 e. The lowest BCUT2D eigenvalue weighted by Gasteiger charge is -2.26. The maximum atomic E-state index is 10.7. The molecule has 1 atom stereocenters. The Bertz CT molecular complexity index is 443. The van der Waals surface area contributed by atoms with E-state index in [4.69, 9.17) is 20.3 Å². The Labute approximate surface area is 124 Å². The number of nitrogens with zero attached hydrogens (tertiary/aromatic N) is 1. The van der Waals surface area contributed by atoms with Crippen molar-refractivity contribution < 1.29 is 19.4 Å². The monoisotopic (exact) mass is 294 g/mol. The minimum atomic E-state index is -0.985. The number of rotatable bonds is 7. The molecule has 6 nitrogen and oxygen atoms in total. The highest BCUT2D eigenvalue weighted by molar-refractivity contribution is 5.73. The molecule has 1 fully saturated rings. The molecule has 1 aromatic carbocycles. The molecule has 1 aliphatic heterocycles. The molecule has 116 valence electrons. The molecule has 1 heterocycles. The van der Waals surface area contributed by atoms with Crippen LogP contribution < -0.4 is 10.5 Å². The summed E-state index contributed by atoms with van der Waals surface area (Å²) >= 11 is 0. The van der Waals surface area contributed by atoms with Crippen molar-refractivity contribution in [3.63, 3.8) is 0 Å². The van der Waals surface area contributed by atoms with Crippen molar-refractivity contribution in [2.24, 2.45) is 5.73 Å². The minimum Gasteiger partial charge on any atom is -0.492 e. The molecule has 1 unspecified atom stereocenters. The van der Waals surface area contributed by atoms with Crippen molar-refractivity contribution in [1.29, 1.82) is 0 Å². The van der Waals surface area contributed by atoms with E-state index in [-0.39, 0.29) is 0 Å². The lowest BCUT2D eigenvalue weighted by molar-refractivity contribution is -0.138. The van der Waals surface area contributed by atoms with Gasteiger partial charge in [0.1, 0.15) is 18.4 Å². The molecule has 1 aliphatic rings. The summed E-state index contributed by atoms with van der Waals surface area (Å²) in [6, 6.07) is 6.55. The predicted octanol–water partition coefficient (Wildman–Crippen LogP) is 0.352. The van der Waals surface area contributed by atoms with Crippen LogP contribution >= 0.6 is 0 Å². The molecule has 0 aliphatic carbocycles. The molecule has 0 spiro atoms. The molecule has 0 aromatic heterocycles. The van der Waals surface area contributed by atoms with E-state index in [2.05, 4.69) is 4.90 Å². The number of benzene rings is 1. The number of ether oxygens (including phenoxy) is 2. The van der Waals surface area contributed by atoms with Crippen LogP contribution in [0.15, 0.2) is 24.3 Å². The van der Waals surface area contributed by atoms with Gasteiger partial charge in [0.2, 0.25) is 0 Å². The third-order valence-electron chi connectivity index (χ3n) is 3.48. The molecule has 3 N–H and O–H groups in total. The molecule has 0 saturated carbocycles. The third kappa shape index (κ3) is 5.34. The standard InChI is InChI=1S/C15H22N2O4/c16-14(15(18)19)11-12-1-3-13(4-2-12)21-10-7-17-5-8-20-9-6-17/h1-4,14H,5-11,16H2,(H,18,19). The number of aliphatic carboxylic acids is 1. The number of morpholine rings is 1. The van der Waals surface area contributed by atoms with Gasteiger partial charge in [-0.1, -0.05) is 12.1 Å². The topological polar surface area (TPSA) is 85.0 Å². The van der Waals surface area contributed by atoms with Gasteiger partial charge < -0.3 is 20.3 Å². The van der Waals surface area contributed by atoms with Gasteiger partial charge in [-0.25, -0.2) is 0 Å². The van der Waals surface area contributed by atoms with Gasteiger partial charge in [-0.15, -0.1) is 0 Å². The Hall–Kier alpha value is -1.63. The van der Waals surface area contributed by atoms with Gasteiger partial charge in [0.15, 0.2) is 0 Å². The van der Waals surface area contributed by atoms with Crippen molar-refractivity contribution in [3.8, 4) is 5.75 Å². The molecular formula is C15H22N2O4. The van der Waals surface area contributed by atoms with Crippen LogP contribution in [0.25, 0.3) is 0 Å². The summed E-state index contributed by atoms with van der Waals surface area (Å²) in [5.74, 6) is -0.197. The summed E-state index contributed by atoms with van der Waals surface area (Å²) in [7, 11) is 0. The average molecular weight is 294 g/mol. The first-order valence-electron chi connectivity index (χ1n) is 7.15. The zero-order valence-electron chi connectivity index (χ0n) is 12.0. The third-order valence-corrected chi connectivity index (χ3v) is 3.48. The fraction of sp³-hybridized carbons (Fsp3) is 0.533. The molecular weight excluding hydrogens is 272 g/mol. The maximum absolute atomic E-state index is 10.7. The highest BCUT2D eigenvalue weighted by atomic mass is 16.5. The van der Waals surface area contributed by atoms with Crippen LogP contribution in [0.4, 0.5) is 0 Å². The lowest BCUT2D eigenvalue weighted by atomic mass is 10.1. The first-order chi connectivity index (χ1) is 10.1. The van der Waals surface area contributed by atoms with Crippen molar-refractivity contribution >= 4 is 5.97 Å². The van der Waals surface area contributed by atoms with E-state index in [1.165, 1.54) is 0 Å². The van der Waals surface area contributed by atoms with Crippen molar-refractivity contribution in [2.75, 3.05) is 39.5 Å². The molecule has 6 heteroatoms. The van der Waals surface area contributed by atoms with Crippen LogP contribution in [-0.4, -0.2) is 61.5 Å². The Morgan fingerprint density at radius 1 is 1.33 bits per heavy atom. The normalized spacial score (nSPS) is 17.4. The second kappa shape index (κ2) is 7.97. The molecule has 0 bridgehead atoms. The largest absolute Gasteiger partial charge is 0.492 e. The lowest BCUT2D eigenvalue weighted by Crippen LogP contribution is -2.38. The highest BCUT2D eigenvalue weighted by Gasteiger charge is 2.12. The van der Waals surface area contributed by atoms with E-state index in [9.17, 15) is 4.79 Å². The van der Waals surface area contributed by atoms with Crippen LogP contribution in [0.1, 0.15) is 5.56 Å². The first kappa shape index (κ1) is 15.8. The maximum Gasteiger partial charge on any atom is 0.320 e. The van der Waals surface area contributed by atoms with Crippen LogP contribution in [0.5, 0.6) is 5.75 Å². The van der Waals surface area contributed by atoms with Crippen LogP contribution in [-0.2, 0) is 16.0 Å². The van der Waals surface area contributed by atoms with Crippen molar-refractivity contribution in [3.05, 3.63) is 29.8 Å². The van der Waals surface area contributed by atoms with Crippen LogP contribution in [0.2, 0.25) is 0 Å².